The Balaban J connectivity index is 1.80. The van der Waals surface area contributed by atoms with Crippen LogP contribution in [0.15, 0.2) is 30.3 Å². The van der Waals surface area contributed by atoms with Gasteiger partial charge in [-0.15, -0.1) is 0 Å². The highest BCUT2D eigenvalue weighted by Crippen LogP contribution is 2.41. The number of benzene rings is 1. The molecule has 1 aromatic rings. The fraction of sp³-hybridized carbons (Fsp3) is 0.600. The fourth-order valence-electron chi connectivity index (χ4n) is 4.02. The lowest BCUT2D eigenvalue weighted by atomic mass is 9.91. The van der Waals surface area contributed by atoms with E-state index in [9.17, 15) is 18.0 Å². The summed E-state index contributed by atoms with van der Waals surface area (Å²) in [4.78, 5) is 27.1. The monoisotopic (exact) mass is 392 g/mol. The summed E-state index contributed by atoms with van der Waals surface area (Å²) >= 11 is 0. The molecule has 3 rings (SSSR count). The molecule has 0 unspecified atom stereocenters. The average molecular weight is 393 g/mol. The Bertz CT molecular complexity index is 819. The first-order chi connectivity index (χ1) is 12.5. The van der Waals surface area contributed by atoms with Crippen molar-refractivity contribution in [1.82, 2.24) is 9.80 Å². The molecular formula is C20H28N2O4S. The Labute approximate surface area is 161 Å². The van der Waals surface area contributed by atoms with E-state index in [4.69, 9.17) is 0 Å². The molecule has 7 heteroatoms. The van der Waals surface area contributed by atoms with Crippen LogP contribution in [0.1, 0.15) is 45.6 Å². The van der Waals surface area contributed by atoms with Gasteiger partial charge in [-0.2, -0.15) is 0 Å². The van der Waals surface area contributed by atoms with Gasteiger partial charge < -0.3 is 9.80 Å². The highest BCUT2D eigenvalue weighted by molar-refractivity contribution is 7.93. The minimum atomic E-state index is -3.57. The third kappa shape index (κ3) is 3.88. The number of likely N-dealkylation sites (tertiary alicyclic amines) is 1. The van der Waals surface area contributed by atoms with Gasteiger partial charge in [0.1, 0.15) is 10.6 Å². The molecule has 0 atom stereocenters. The topological polar surface area (TPSA) is 74.8 Å². The van der Waals surface area contributed by atoms with Crippen LogP contribution in [-0.2, 0) is 26.0 Å². The maximum absolute atomic E-state index is 12.9. The molecule has 2 fully saturated rings. The second-order valence-electron chi connectivity index (χ2n) is 8.79. The van der Waals surface area contributed by atoms with Crippen LogP contribution < -0.4 is 0 Å². The van der Waals surface area contributed by atoms with Gasteiger partial charge >= 0.3 is 0 Å². The Morgan fingerprint density at radius 3 is 2.26 bits per heavy atom. The molecule has 2 aliphatic heterocycles. The second kappa shape index (κ2) is 6.93. The number of piperidine rings is 1. The first-order valence-electron chi connectivity index (χ1n) is 9.39. The van der Waals surface area contributed by atoms with Crippen molar-refractivity contribution in [1.29, 1.82) is 0 Å². The highest BCUT2D eigenvalue weighted by Gasteiger charge is 2.58. The Kier molecular flexibility index (Phi) is 5.10. The van der Waals surface area contributed by atoms with Crippen molar-refractivity contribution in [3.05, 3.63) is 35.9 Å². The van der Waals surface area contributed by atoms with Gasteiger partial charge in [0, 0.05) is 38.9 Å². The first-order valence-corrected chi connectivity index (χ1v) is 11.0. The van der Waals surface area contributed by atoms with Crippen molar-refractivity contribution in [3.8, 4) is 0 Å². The van der Waals surface area contributed by atoms with Crippen LogP contribution in [0, 0.1) is 5.41 Å². The zero-order valence-electron chi connectivity index (χ0n) is 16.3. The van der Waals surface area contributed by atoms with Crippen LogP contribution in [0.5, 0.6) is 0 Å². The van der Waals surface area contributed by atoms with Crippen molar-refractivity contribution in [3.63, 3.8) is 0 Å². The largest absolute Gasteiger partial charge is 0.342 e. The lowest BCUT2D eigenvalue weighted by Gasteiger charge is -2.43. The minimum Gasteiger partial charge on any atom is -0.342 e. The Hall–Kier alpha value is -1.89. The summed E-state index contributed by atoms with van der Waals surface area (Å²) in [6.07, 6.45) is 0.993. The minimum absolute atomic E-state index is 0.0497. The van der Waals surface area contributed by atoms with E-state index < -0.39 is 20.5 Å². The number of hydrogen-bond acceptors (Lipinski definition) is 4. The van der Waals surface area contributed by atoms with Gasteiger partial charge in [0.2, 0.25) is 11.8 Å². The molecule has 0 radical (unpaired) electrons. The molecule has 27 heavy (non-hydrogen) atoms. The lowest BCUT2D eigenvalue weighted by Crippen LogP contribution is -2.56. The molecule has 1 aromatic carbocycles. The average Bonchev–Trinajstić information content (AvgIpc) is 2.75. The van der Waals surface area contributed by atoms with Gasteiger partial charge in [-0.1, -0.05) is 51.1 Å². The zero-order valence-corrected chi connectivity index (χ0v) is 17.1. The van der Waals surface area contributed by atoms with E-state index in [2.05, 4.69) is 0 Å². The van der Waals surface area contributed by atoms with E-state index in [0.717, 1.165) is 5.56 Å². The maximum Gasteiger partial charge on any atom is 0.239 e. The summed E-state index contributed by atoms with van der Waals surface area (Å²) in [5, 5.41) is 0. The van der Waals surface area contributed by atoms with Crippen LogP contribution in [0.2, 0.25) is 0 Å². The predicted octanol–water partition coefficient (Wildman–Crippen LogP) is 2.20. The van der Waals surface area contributed by atoms with Crippen LogP contribution in [-0.4, -0.2) is 53.7 Å². The van der Waals surface area contributed by atoms with Crippen molar-refractivity contribution in [2.24, 2.45) is 5.41 Å². The summed E-state index contributed by atoms with van der Waals surface area (Å²) in [6, 6.07) is 9.44. The smallest absolute Gasteiger partial charge is 0.239 e. The van der Waals surface area contributed by atoms with E-state index in [0.29, 0.717) is 19.5 Å². The van der Waals surface area contributed by atoms with Crippen LogP contribution in [0.25, 0.3) is 0 Å². The Morgan fingerprint density at radius 1 is 1.11 bits per heavy atom. The van der Waals surface area contributed by atoms with E-state index >= 15 is 0 Å². The van der Waals surface area contributed by atoms with Gasteiger partial charge in [-0.3, -0.25) is 9.59 Å². The molecule has 0 bridgehead atoms. The zero-order chi connectivity index (χ0) is 19.9. The van der Waals surface area contributed by atoms with E-state index in [1.54, 1.807) is 4.90 Å². The molecule has 0 N–H and O–H groups in total. The van der Waals surface area contributed by atoms with Crippen molar-refractivity contribution < 1.29 is 18.0 Å². The number of carbonyl (C=O) groups is 2. The second-order valence-corrected chi connectivity index (χ2v) is 11.1. The number of hydrogen-bond donors (Lipinski definition) is 0. The molecule has 2 aliphatic rings. The summed E-state index contributed by atoms with van der Waals surface area (Å²) in [5.74, 6) is -0.725. The van der Waals surface area contributed by atoms with Crippen LogP contribution >= 0.6 is 0 Å². The quantitative estimate of drug-likeness (QED) is 0.790. The normalized spacial score (nSPS) is 21.7. The van der Waals surface area contributed by atoms with Gasteiger partial charge in [0.15, 0.2) is 9.84 Å². The fourth-order valence-corrected chi connectivity index (χ4v) is 6.08. The number of amides is 2. The van der Waals surface area contributed by atoms with E-state index in [1.807, 2.05) is 51.1 Å². The summed E-state index contributed by atoms with van der Waals surface area (Å²) in [6.45, 7) is 7.06. The van der Waals surface area contributed by atoms with Gasteiger partial charge in [0.05, 0.1) is 0 Å². The van der Waals surface area contributed by atoms with Gasteiger partial charge in [-0.25, -0.2) is 8.42 Å². The van der Waals surface area contributed by atoms with E-state index in [1.165, 1.54) is 4.90 Å². The number of sulfone groups is 1. The molecule has 0 aromatic heterocycles. The molecule has 2 heterocycles. The Morgan fingerprint density at radius 2 is 1.70 bits per heavy atom. The van der Waals surface area contributed by atoms with E-state index in [-0.39, 0.29) is 36.6 Å². The van der Waals surface area contributed by atoms with Crippen LogP contribution in [0.4, 0.5) is 0 Å². The summed E-state index contributed by atoms with van der Waals surface area (Å²) in [5.41, 5.74) is 0.801. The third-order valence-electron chi connectivity index (χ3n) is 5.45. The number of nitrogens with zero attached hydrogens (tertiary/aromatic N) is 2. The molecule has 0 saturated carbocycles. The van der Waals surface area contributed by atoms with Crippen molar-refractivity contribution in [2.45, 2.75) is 51.4 Å². The third-order valence-corrected chi connectivity index (χ3v) is 7.86. The number of carbonyl (C=O) groups excluding carboxylic acids is 2. The van der Waals surface area contributed by atoms with Crippen molar-refractivity contribution in [2.75, 3.05) is 18.8 Å². The molecular weight excluding hydrogens is 364 g/mol. The summed E-state index contributed by atoms with van der Waals surface area (Å²) in [7, 11) is -3.57. The number of rotatable bonds is 3. The molecule has 2 saturated heterocycles. The van der Waals surface area contributed by atoms with Crippen LogP contribution in [0.3, 0.4) is 0 Å². The first kappa shape index (κ1) is 19.9. The highest BCUT2D eigenvalue weighted by atomic mass is 32.2. The SMILES string of the molecule is CC(C)(C)CC(=O)N1CCC2(CC1)N(Cc1ccccc1)C(=O)CS2(=O)=O. The predicted molar refractivity (Wildman–Crippen MR) is 103 cm³/mol. The lowest BCUT2D eigenvalue weighted by molar-refractivity contribution is -0.137. The molecule has 148 valence electrons. The molecule has 6 nitrogen and oxygen atoms in total. The van der Waals surface area contributed by atoms with Crippen molar-refractivity contribution >= 4 is 21.7 Å². The van der Waals surface area contributed by atoms with Gasteiger partial charge in [-0.05, 0) is 11.0 Å². The molecule has 1 spiro atoms. The maximum atomic E-state index is 12.9. The molecule has 0 aliphatic carbocycles. The van der Waals surface area contributed by atoms with Gasteiger partial charge in [0.25, 0.3) is 0 Å². The standard InChI is InChI=1S/C20H28N2O4S/c1-19(2,3)13-17(23)21-11-9-20(10-12-21)22(18(24)15-27(20,25)26)14-16-7-5-4-6-8-16/h4-8H,9-15H2,1-3H3. The summed E-state index contributed by atoms with van der Waals surface area (Å²) < 4.78 is 25.8. The molecule has 2 amide bonds.